The van der Waals surface area contributed by atoms with Crippen molar-refractivity contribution in [3.63, 3.8) is 0 Å². The minimum atomic E-state index is 0.0699. The molecule has 1 aliphatic rings. The largest absolute Gasteiger partial charge is 0.322 e. The Bertz CT molecular complexity index is 308. The molecule has 1 aromatic heterocycles. The zero-order chi connectivity index (χ0) is 10.1. The van der Waals surface area contributed by atoms with E-state index in [0.29, 0.717) is 6.04 Å². The first kappa shape index (κ1) is 10.1. The van der Waals surface area contributed by atoms with Gasteiger partial charge in [0.2, 0.25) is 0 Å². The molecule has 14 heavy (non-hydrogen) atoms. The molecule has 0 amide bonds. The van der Waals surface area contributed by atoms with Crippen molar-refractivity contribution in [2.45, 2.75) is 31.8 Å². The van der Waals surface area contributed by atoms with Gasteiger partial charge < -0.3 is 5.73 Å². The molecule has 4 heteroatoms. The molecule has 1 aliphatic heterocycles. The maximum Gasteiger partial charge on any atom is 0.109 e. The topological polar surface area (TPSA) is 42.1 Å². The van der Waals surface area contributed by atoms with E-state index in [1.54, 1.807) is 11.3 Å². The van der Waals surface area contributed by atoms with Gasteiger partial charge in [-0.05, 0) is 33.4 Å². The minimum Gasteiger partial charge on any atom is -0.322 e. The molecule has 0 aliphatic carbocycles. The molecule has 2 atom stereocenters. The lowest BCUT2D eigenvalue weighted by Gasteiger charge is -2.16. The van der Waals surface area contributed by atoms with Crippen LogP contribution in [0.15, 0.2) is 5.38 Å². The first-order valence-corrected chi connectivity index (χ1v) is 5.97. The van der Waals surface area contributed by atoms with Crippen molar-refractivity contribution in [1.29, 1.82) is 0 Å². The van der Waals surface area contributed by atoms with Crippen molar-refractivity contribution in [1.82, 2.24) is 9.88 Å². The van der Waals surface area contributed by atoms with Crippen molar-refractivity contribution in [3.8, 4) is 0 Å². The number of nitrogens with two attached hydrogens (primary N) is 1. The van der Waals surface area contributed by atoms with Gasteiger partial charge in [0.15, 0.2) is 0 Å². The first-order valence-electron chi connectivity index (χ1n) is 5.09. The SMILES string of the molecule is CC(N)c1nc(C2CCCN2C)cs1. The Labute approximate surface area is 88.9 Å². The second kappa shape index (κ2) is 3.96. The Morgan fingerprint density at radius 3 is 3.00 bits per heavy atom. The van der Waals surface area contributed by atoms with Crippen molar-refractivity contribution >= 4 is 11.3 Å². The van der Waals surface area contributed by atoms with Crippen LogP contribution in [0.25, 0.3) is 0 Å². The Morgan fingerprint density at radius 2 is 2.50 bits per heavy atom. The summed E-state index contributed by atoms with van der Waals surface area (Å²) in [7, 11) is 2.17. The molecular formula is C10H17N3S. The molecule has 0 radical (unpaired) electrons. The van der Waals surface area contributed by atoms with E-state index >= 15 is 0 Å². The summed E-state index contributed by atoms with van der Waals surface area (Å²) in [5, 5.41) is 3.21. The predicted octanol–water partition coefficient (Wildman–Crippen LogP) is 1.93. The number of hydrogen-bond donors (Lipinski definition) is 1. The van der Waals surface area contributed by atoms with Crippen LogP contribution in [-0.2, 0) is 0 Å². The number of aromatic nitrogens is 1. The van der Waals surface area contributed by atoms with E-state index in [9.17, 15) is 0 Å². The molecule has 2 N–H and O–H groups in total. The van der Waals surface area contributed by atoms with Crippen molar-refractivity contribution < 1.29 is 0 Å². The quantitative estimate of drug-likeness (QED) is 0.812. The second-order valence-electron chi connectivity index (χ2n) is 4.04. The van der Waals surface area contributed by atoms with Gasteiger partial charge in [0.05, 0.1) is 17.8 Å². The van der Waals surface area contributed by atoms with E-state index < -0.39 is 0 Å². The van der Waals surface area contributed by atoms with Crippen LogP contribution in [0.3, 0.4) is 0 Å². The molecule has 1 aromatic rings. The van der Waals surface area contributed by atoms with Gasteiger partial charge >= 0.3 is 0 Å². The van der Waals surface area contributed by atoms with Gasteiger partial charge in [-0.15, -0.1) is 11.3 Å². The Hall–Kier alpha value is -0.450. The average Bonchev–Trinajstić information content (AvgIpc) is 2.71. The minimum absolute atomic E-state index is 0.0699. The summed E-state index contributed by atoms with van der Waals surface area (Å²) in [6, 6.07) is 0.596. The van der Waals surface area contributed by atoms with E-state index in [1.165, 1.54) is 25.1 Å². The van der Waals surface area contributed by atoms with Crippen LogP contribution in [0.5, 0.6) is 0 Å². The highest BCUT2D eigenvalue weighted by Crippen LogP contribution is 2.31. The number of hydrogen-bond acceptors (Lipinski definition) is 4. The molecular weight excluding hydrogens is 194 g/mol. The molecule has 78 valence electrons. The fourth-order valence-corrected chi connectivity index (χ4v) is 2.77. The third-order valence-electron chi connectivity index (χ3n) is 2.79. The lowest BCUT2D eigenvalue weighted by Crippen LogP contribution is -2.18. The maximum absolute atomic E-state index is 5.79. The zero-order valence-electron chi connectivity index (χ0n) is 8.73. The number of likely N-dealkylation sites (tertiary alicyclic amines) is 1. The Morgan fingerprint density at radius 1 is 1.71 bits per heavy atom. The van der Waals surface area contributed by atoms with Crippen LogP contribution >= 0.6 is 11.3 Å². The zero-order valence-corrected chi connectivity index (χ0v) is 9.55. The molecule has 1 fully saturated rings. The van der Waals surface area contributed by atoms with Gasteiger partial charge in [-0.2, -0.15) is 0 Å². The molecule has 2 rings (SSSR count). The normalized spacial score (nSPS) is 25.5. The van der Waals surface area contributed by atoms with Crippen LogP contribution in [0.1, 0.15) is 42.6 Å². The van der Waals surface area contributed by atoms with Gasteiger partial charge in [-0.3, -0.25) is 4.90 Å². The third-order valence-corrected chi connectivity index (χ3v) is 3.85. The summed E-state index contributed by atoms with van der Waals surface area (Å²) in [6.45, 7) is 3.18. The van der Waals surface area contributed by atoms with Crippen molar-refractivity contribution in [3.05, 3.63) is 16.1 Å². The molecule has 3 nitrogen and oxygen atoms in total. The van der Waals surface area contributed by atoms with E-state index in [-0.39, 0.29) is 6.04 Å². The van der Waals surface area contributed by atoms with Crippen LogP contribution in [0.2, 0.25) is 0 Å². The summed E-state index contributed by atoms with van der Waals surface area (Å²) >= 11 is 1.68. The molecule has 0 aromatic carbocycles. The van der Waals surface area contributed by atoms with E-state index in [2.05, 4.69) is 22.3 Å². The molecule has 0 bridgehead atoms. The molecule has 0 spiro atoms. The molecule has 2 heterocycles. The average molecular weight is 211 g/mol. The maximum atomic E-state index is 5.79. The molecule has 0 saturated carbocycles. The van der Waals surface area contributed by atoms with Crippen LogP contribution in [0, 0.1) is 0 Å². The summed E-state index contributed by atoms with van der Waals surface area (Å²) in [4.78, 5) is 6.97. The molecule has 1 saturated heterocycles. The van der Waals surface area contributed by atoms with Gasteiger partial charge in [-0.25, -0.2) is 4.98 Å². The van der Waals surface area contributed by atoms with E-state index in [1.807, 2.05) is 6.92 Å². The van der Waals surface area contributed by atoms with Crippen molar-refractivity contribution in [2.24, 2.45) is 5.73 Å². The lowest BCUT2D eigenvalue weighted by atomic mass is 10.2. The summed E-state index contributed by atoms with van der Waals surface area (Å²) in [6.07, 6.45) is 2.52. The van der Waals surface area contributed by atoms with Gasteiger partial charge in [0.25, 0.3) is 0 Å². The Kier molecular flexibility index (Phi) is 2.85. The highest BCUT2D eigenvalue weighted by atomic mass is 32.1. The predicted molar refractivity (Wildman–Crippen MR) is 59.3 cm³/mol. The summed E-state index contributed by atoms with van der Waals surface area (Å²) in [5.41, 5.74) is 7.01. The number of thiazole rings is 1. The molecule has 2 unspecified atom stereocenters. The Balaban J connectivity index is 2.16. The second-order valence-corrected chi connectivity index (χ2v) is 4.93. The van der Waals surface area contributed by atoms with E-state index in [4.69, 9.17) is 5.73 Å². The van der Waals surface area contributed by atoms with Gasteiger partial charge in [-0.1, -0.05) is 0 Å². The number of nitrogens with zero attached hydrogens (tertiary/aromatic N) is 2. The highest BCUT2D eigenvalue weighted by molar-refractivity contribution is 7.09. The fourth-order valence-electron chi connectivity index (χ4n) is 1.95. The summed E-state index contributed by atoms with van der Waals surface area (Å²) in [5.74, 6) is 0. The monoisotopic (exact) mass is 211 g/mol. The third kappa shape index (κ3) is 1.82. The van der Waals surface area contributed by atoms with Crippen molar-refractivity contribution in [2.75, 3.05) is 13.6 Å². The van der Waals surface area contributed by atoms with Gasteiger partial charge in [0.1, 0.15) is 5.01 Å². The smallest absolute Gasteiger partial charge is 0.109 e. The highest BCUT2D eigenvalue weighted by Gasteiger charge is 2.24. The van der Waals surface area contributed by atoms with Crippen LogP contribution in [0.4, 0.5) is 0 Å². The van der Waals surface area contributed by atoms with Crippen LogP contribution < -0.4 is 5.73 Å². The lowest BCUT2D eigenvalue weighted by molar-refractivity contribution is 0.312. The number of rotatable bonds is 2. The van der Waals surface area contributed by atoms with Gasteiger partial charge in [0, 0.05) is 5.38 Å². The van der Waals surface area contributed by atoms with E-state index in [0.717, 1.165) is 5.01 Å². The first-order chi connectivity index (χ1) is 6.68. The van der Waals surface area contributed by atoms with Crippen LogP contribution in [-0.4, -0.2) is 23.5 Å². The standard InChI is InChI=1S/C10H17N3S/c1-7(11)10-12-8(6-14-10)9-4-3-5-13(9)2/h6-7,9H,3-5,11H2,1-2H3. The summed E-state index contributed by atoms with van der Waals surface area (Å²) < 4.78 is 0. The fraction of sp³-hybridized carbons (Fsp3) is 0.700.